The molecule has 0 saturated carbocycles. The van der Waals surface area contributed by atoms with Gasteiger partial charge in [0.2, 0.25) is 6.29 Å². The lowest BCUT2D eigenvalue weighted by Gasteiger charge is -2.48. The second-order valence-corrected chi connectivity index (χ2v) is 11.4. The SMILES string of the molecule is COC(=O)[C@H]1O[C@@H](O[C@H]2[C@@H](O)[C@@H](CO)O[C@H](OC(C)=O)[C@@H]2NC(=O)C(Cl)(Cl)Cl)[C@H](OC(C)=O)[C@@H](OC(C)=O)[C@@H]1OC(C)=O. The zero-order valence-electron chi connectivity index (χ0n) is 23.2. The number of carbonyl (C=O) groups is 6. The van der Waals surface area contributed by atoms with Crippen LogP contribution in [0.3, 0.4) is 0 Å². The van der Waals surface area contributed by atoms with Crippen molar-refractivity contribution in [2.24, 2.45) is 0 Å². The number of amides is 1. The van der Waals surface area contributed by atoms with Crippen LogP contribution in [0.2, 0.25) is 0 Å². The van der Waals surface area contributed by atoms with E-state index in [1.165, 1.54) is 0 Å². The molecular formula is C23H30Cl3NO16. The van der Waals surface area contributed by atoms with Gasteiger partial charge < -0.3 is 53.4 Å². The number of hydrogen-bond donors (Lipinski definition) is 3. The van der Waals surface area contributed by atoms with Crippen molar-refractivity contribution in [1.82, 2.24) is 5.32 Å². The zero-order valence-corrected chi connectivity index (χ0v) is 25.5. The van der Waals surface area contributed by atoms with E-state index >= 15 is 0 Å². The Morgan fingerprint density at radius 1 is 0.767 bits per heavy atom. The van der Waals surface area contributed by atoms with E-state index < -0.39 is 108 Å². The molecule has 2 rings (SSSR count). The van der Waals surface area contributed by atoms with Gasteiger partial charge in [0.05, 0.1) is 13.7 Å². The summed E-state index contributed by atoms with van der Waals surface area (Å²) in [5, 5.41) is 23.1. The molecule has 0 aromatic rings. The van der Waals surface area contributed by atoms with Gasteiger partial charge in [-0.15, -0.1) is 0 Å². The fraction of sp³-hybridized carbons (Fsp3) is 0.739. The first-order valence-electron chi connectivity index (χ1n) is 12.3. The Morgan fingerprint density at radius 2 is 1.28 bits per heavy atom. The van der Waals surface area contributed by atoms with Crippen molar-refractivity contribution in [2.75, 3.05) is 13.7 Å². The normalized spacial score (nSPS) is 32.5. The standard InChI is InChI=1S/C23H30Cl3NO16/c1-7(29)37-15-16(38-8(2)30)18(39-9(3)31)21(43-17(15)19(34)36-5)42-14-12(27-22(35)23(24,25)26)20(40-10(4)32)41-11(6-28)13(14)33/h11-18,20-21,28,33H,6H2,1-5H3,(H,27,35)/t11-,12-,13+,14-,15+,16+,17+,18-,20+,21-/m1/s1. The molecule has 0 aromatic carbocycles. The summed E-state index contributed by atoms with van der Waals surface area (Å²) in [6.07, 6.45) is -16.2. The smallest absolute Gasteiger partial charge is 0.339 e. The molecule has 43 heavy (non-hydrogen) atoms. The van der Waals surface area contributed by atoms with Crippen molar-refractivity contribution in [2.45, 2.75) is 92.8 Å². The van der Waals surface area contributed by atoms with E-state index in [-0.39, 0.29) is 0 Å². The summed E-state index contributed by atoms with van der Waals surface area (Å²) in [6.45, 7) is 3.00. The molecule has 17 nitrogen and oxygen atoms in total. The number of nitrogens with one attached hydrogen (secondary N) is 1. The number of aliphatic hydroxyl groups excluding tert-OH is 2. The highest BCUT2D eigenvalue weighted by Gasteiger charge is 2.58. The minimum absolute atomic E-state index is 0.877. The maximum atomic E-state index is 12.7. The highest BCUT2D eigenvalue weighted by Crippen LogP contribution is 2.34. The summed E-state index contributed by atoms with van der Waals surface area (Å²) < 4.78 is 39.9. The lowest BCUT2D eigenvalue weighted by atomic mass is 9.95. The molecule has 244 valence electrons. The van der Waals surface area contributed by atoms with Crippen molar-refractivity contribution in [1.29, 1.82) is 0 Å². The van der Waals surface area contributed by atoms with Gasteiger partial charge >= 0.3 is 29.8 Å². The Labute approximate surface area is 259 Å². The molecule has 0 radical (unpaired) electrons. The molecule has 1 amide bonds. The average Bonchev–Trinajstić information content (AvgIpc) is 2.88. The maximum absolute atomic E-state index is 12.7. The van der Waals surface area contributed by atoms with Crippen LogP contribution in [0, 0.1) is 0 Å². The van der Waals surface area contributed by atoms with Gasteiger partial charge in [0.15, 0.2) is 30.7 Å². The van der Waals surface area contributed by atoms with Gasteiger partial charge in [-0.25, -0.2) is 4.79 Å². The van der Waals surface area contributed by atoms with Gasteiger partial charge in [-0.2, -0.15) is 0 Å². The Kier molecular flexibility index (Phi) is 13.2. The lowest BCUT2D eigenvalue weighted by molar-refractivity contribution is -0.339. The first kappa shape index (κ1) is 36.7. The van der Waals surface area contributed by atoms with Crippen LogP contribution in [0.25, 0.3) is 0 Å². The second kappa shape index (κ2) is 15.5. The van der Waals surface area contributed by atoms with E-state index in [1.807, 2.05) is 0 Å². The third kappa shape index (κ3) is 9.74. The van der Waals surface area contributed by atoms with Crippen LogP contribution in [-0.4, -0.2) is 125 Å². The summed E-state index contributed by atoms with van der Waals surface area (Å²) >= 11 is 17.0. The zero-order chi connectivity index (χ0) is 32.8. The molecule has 2 heterocycles. The molecule has 0 unspecified atom stereocenters. The summed E-state index contributed by atoms with van der Waals surface area (Å²) in [5.41, 5.74) is 0. The molecule has 2 aliphatic heterocycles. The molecule has 2 fully saturated rings. The van der Waals surface area contributed by atoms with Gasteiger partial charge in [0, 0.05) is 27.7 Å². The van der Waals surface area contributed by atoms with Crippen LogP contribution < -0.4 is 5.32 Å². The van der Waals surface area contributed by atoms with Crippen molar-refractivity contribution >= 4 is 70.6 Å². The monoisotopic (exact) mass is 681 g/mol. The molecule has 20 heteroatoms. The quantitative estimate of drug-likeness (QED) is 0.144. The number of alkyl halides is 3. The molecule has 2 aliphatic rings. The predicted molar refractivity (Wildman–Crippen MR) is 138 cm³/mol. The second-order valence-electron chi connectivity index (χ2n) is 9.09. The number of aliphatic hydroxyl groups is 2. The summed E-state index contributed by atoms with van der Waals surface area (Å²) in [6, 6.07) is -1.72. The van der Waals surface area contributed by atoms with Crippen LogP contribution in [0.4, 0.5) is 0 Å². The first-order valence-corrected chi connectivity index (χ1v) is 13.4. The summed E-state index contributed by atoms with van der Waals surface area (Å²) in [4.78, 5) is 73.2. The Hall–Kier alpha value is -2.51. The van der Waals surface area contributed by atoms with E-state index in [0.29, 0.717) is 0 Å². The third-order valence-electron chi connectivity index (χ3n) is 5.82. The van der Waals surface area contributed by atoms with Gasteiger partial charge in [-0.05, 0) is 0 Å². The van der Waals surface area contributed by atoms with Crippen molar-refractivity contribution in [3.05, 3.63) is 0 Å². The van der Waals surface area contributed by atoms with E-state index in [2.05, 4.69) is 5.32 Å². The molecule has 0 bridgehead atoms. The molecule has 0 aliphatic carbocycles. The van der Waals surface area contributed by atoms with Crippen LogP contribution >= 0.6 is 34.8 Å². The molecule has 0 spiro atoms. The van der Waals surface area contributed by atoms with Gasteiger partial charge in [-0.1, -0.05) is 34.8 Å². The predicted octanol–water partition coefficient (Wildman–Crippen LogP) is -1.44. The number of rotatable bonds is 9. The largest absolute Gasteiger partial charge is 0.467 e. The van der Waals surface area contributed by atoms with Crippen molar-refractivity contribution in [3.63, 3.8) is 0 Å². The molecule has 0 aromatic heterocycles. The van der Waals surface area contributed by atoms with Gasteiger partial charge in [-0.3, -0.25) is 24.0 Å². The lowest BCUT2D eigenvalue weighted by Crippen LogP contribution is -2.69. The highest BCUT2D eigenvalue weighted by atomic mass is 35.6. The first-order chi connectivity index (χ1) is 19.9. The summed E-state index contributed by atoms with van der Waals surface area (Å²) in [7, 11) is 0.964. The fourth-order valence-electron chi connectivity index (χ4n) is 4.22. The van der Waals surface area contributed by atoms with E-state index in [4.69, 9.17) is 72.7 Å². The molecule has 2 saturated heterocycles. The highest BCUT2D eigenvalue weighted by molar-refractivity contribution is 6.76. The van der Waals surface area contributed by atoms with E-state index in [0.717, 1.165) is 34.8 Å². The van der Waals surface area contributed by atoms with Gasteiger partial charge in [0.1, 0.15) is 24.4 Å². The number of hydrogen-bond acceptors (Lipinski definition) is 16. The van der Waals surface area contributed by atoms with Crippen LogP contribution in [0.1, 0.15) is 27.7 Å². The molecule has 3 N–H and O–H groups in total. The number of ether oxygens (including phenoxy) is 8. The van der Waals surface area contributed by atoms with Crippen LogP contribution in [-0.2, 0) is 66.7 Å². The Bertz CT molecular complexity index is 1070. The van der Waals surface area contributed by atoms with Gasteiger partial charge in [0.25, 0.3) is 9.70 Å². The minimum Gasteiger partial charge on any atom is -0.467 e. The van der Waals surface area contributed by atoms with Crippen molar-refractivity contribution < 1.29 is 76.9 Å². The average molecular weight is 683 g/mol. The number of methoxy groups -OCH3 is 1. The topological polar surface area (TPSA) is 229 Å². The number of esters is 5. The summed E-state index contributed by atoms with van der Waals surface area (Å²) in [5.74, 6) is -6.31. The van der Waals surface area contributed by atoms with Crippen LogP contribution in [0.15, 0.2) is 0 Å². The minimum atomic E-state index is -2.58. The maximum Gasteiger partial charge on any atom is 0.339 e. The Balaban J connectivity index is 2.67. The van der Waals surface area contributed by atoms with Crippen LogP contribution in [0.5, 0.6) is 0 Å². The molecule has 10 atom stereocenters. The fourth-order valence-corrected chi connectivity index (χ4v) is 4.39. The molecular weight excluding hydrogens is 653 g/mol. The third-order valence-corrected chi connectivity index (χ3v) is 6.33. The van der Waals surface area contributed by atoms with E-state index in [9.17, 15) is 39.0 Å². The number of carbonyl (C=O) groups excluding carboxylic acids is 6. The van der Waals surface area contributed by atoms with E-state index in [1.54, 1.807) is 0 Å². The van der Waals surface area contributed by atoms with Crippen molar-refractivity contribution in [3.8, 4) is 0 Å². The Morgan fingerprint density at radius 3 is 1.74 bits per heavy atom. The number of halogens is 3.